The highest BCUT2D eigenvalue weighted by Crippen LogP contribution is 2.35. The van der Waals surface area contributed by atoms with Crippen molar-refractivity contribution in [2.24, 2.45) is 0 Å². The van der Waals surface area contributed by atoms with Gasteiger partial charge in [0.25, 0.3) is 0 Å². The summed E-state index contributed by atoms with van der Waals surface area (Å²) in [5, 5.41) is 5.17. The molecule has 0 radical (unpaired) electrons. The predicted molar refractivity (Wildman–Crippen MR) is 94.6 cm³/mol. The van der Waals surface area contributed by atoms with Crippen molar-refractivity contribution in [2.75, 3.05) is 0 Å². The minimum absolute atomic E-state index is 1.20. The first-order valence-electron chi connectivity index (χ1n) is 7.64. The summed E-state index contributed by atoms with van der Waals surface area (Å²) < 4.78 is 0. The van der Waals surface area contributed by atoms with E-state index >= 15 is 0 Å². The Labute approximate surface area is 127 Å². The second-order valence-corrected chi connectivity index (χ2v) is 6.26. The molecule has 5 rings (SSSR count). The number of fused-ring (bicyclic) bond motifs is 7. The van der Waals surface area contributed by atoms with Crippen LogP contribution in [-0.2, 0) is 0 Å². The van der Waals surface area contributed by atoms with Crippen molar-refractivity contribution < 1.29 is 0 Å². The van der Waals surface area contributed by atoms with Crippen LogP contribution in [0.5, 0.6) is 0 Å². The van der Waals surface area contributed by atoms with Gasteiger partial charge in [-0.2, -0.15) is 0 Å². The molecular weight excluding hydrogens is 268 g/mol. The lowest BCUT2D eigenvalue weighted by molar-refractivity contribution is 1.47. The highest BCUT2D eigenvalue weighted by Gasteiger charge is 2.11. The van der Waals surface area contributed by atoms with Gasteiger partial charge in [-0.25, -0.2) is 0 Å². The van der Waals surface area contributed by atoms with Gasteiger partial charge in [0.1, 0.15) is 0 Å². The lowest BCUT2D eigenvalue weighted by atomic mass is 10.1. The standard InChI is InChI=1S/C20H16N2/c1-11-3-7-17-15(9-11)13-5-6-14-16-10-12(2)4-8-18(16)22-20(14)19(13)21-17/h3-10,21-22H,1-2H3. The van der Waals surface area contributed by atoms with Crippen molar-refractivity contribution in [3.8, 4) is 0 Å². The Hall–Kier alpha value is -2.74. The van der Waals surface area contributed by atoms with Crippen molar-refractivity contribution in [1.29, 1.82) is 0 Å². The Bertz CT molecular complexity index is 1090. The van der Waals surface area contributed by atoms with Gasteiger partial charge in [0.2, 0.25) is 0 Å². The van der Waals surface area contributed by atoms with Gasteiger partial charge >= 0.3 is 0 Å². The van der Waals surface area contributed by atoms with E-state index in [1.165, 1.54) is 54.7 Å². The van der Waals surface area contributed by atoms with Gasteiger partial charge < -0.3 is 9.97 Å². The summed E-state index contributed by atoms with van der Waals surface area (Å²) in [5.74, 6) is 0. The average Bonchev–Trinajstić information content (AvgIpc) is 3.05. The summed E-state index contributed by atoms with van der Waals surface area (Å²) in [7, 11) is 0. The van der Waals surface area contributed by atoms with Crippen LogP contribution in [0.2, 0.25) is 0 Å². The fourth-order valence-electron chi connectivity index (χ4n) is 3.56. The molecular formula is C20H16N2. The Morgan fingerprint density at radius 3 is 1.45 bits per heavy atom. The normalized spacial score (nSPS) is 12.1. The second-order valence-electron chi connectivity index (χ2n) is 6.26. The van der Waals surface area contributed by atoms with E-state index in [2.05, 4.69) is 72.3 Å². The van der Waals surface area contributed by atoms with E-state index in [-0.39, 0.29) is 0 Å². The zero-order valence-electron chi connectivity index (χ0n) is 12.6. The Balaban J connectivity index is 2.03. The zero-order chi connectivity index (χ0) is 14.8. The smallest absolute Gasteiger partial charge is 0.0710 e. The number of aromatic nitrogens is 2. The number of aromatic amines is 2. The maximum absolute atomic E-state index is 3.59. The summed E-state index contributed by atoms with van der Waals surface area (Å²) in [6.45, 7) is 4.28. The first-order valence-corrected chi connectivity index (χ1v) is 7.64. The van der Waals surface area contributed by atoms with Crippen molar-refractivity contribution in [2.45, 2.75) is 13.8 Å². The van der Waals surface area contributed by atoms with Crippen molar-refractivity contribution in [1.82, 2.24) is 9.97 Å². The lowest BCUT2D eigenvalue weighted by Gasteiger charge is -1.95. The van der Waals surface area contributed by atoms with E-state index in [1.54, 1.807) is 0 Å². The number of nitrogens with one attached hydrogen (secondary N) is 2. The molecule has 2 aromatic heterocycles. The molecule has 2 heterocycles. The van der Waals surface area contributed by atoms with Gasteiger partial charge in [-0.3, -0.25) is 0 Å². The van der Waals surface area contributed by atoms with E-state index < -0.39 is 0 Å². The first-order chi connectivity index (χ1) is 10.7. The molecule has 3 aromatic carbocycles. The van der Waals surface area contributed by atoms with Crippen LogP contribution < -0.4 is 0 Å². The quantitative estimate of drug-likeness (QED) is 0.372. The van der Waals surface area contributed by atoms with Crippen molar-refractivity contribution >= 4 is 43.6 Å². The molecule has 0 fully saturated rings. The monoisotopic (exact) mass is 284 g/mol. The summed E-state index contributed by atoms with van der Waals surface area (Å²) >= 11 is 0. The van der Waals surface area contributed by atoms with E-state index in [1.807, 2.05) is 0 Å². The SMILES string of the molecule is Cc1ccc2[nH]c3c(ccc4c5cc(C)ccc5[nH]c43)c2c1. The number of rotatable bonds is 0. The van der Waals surface area contributed by atoms with Gasteiger partial charge in [-0.05, 0) is 38.1 Å². The molecule has 0 saturated heterocycles. The highest BCUT2D eigenvalue weighted by atomic mass is 14.8. The summed E-state index contributed by atoms with van der Waals surface area (Å²) in [6, 6.07) is 17.6. The summed E-state index contributed by atoms with van der Waals surface area (Å²) in [5.41, 5.74) is 7.38. The summed E-state index contributed by atoms with van der Waals surface area (Å²) in [6.07, 6.45) is 0. The molecule has 0 saturated carbocycles. The molecule has 22 heavy (non-hydrogen) atoms. The highest BCUT2D eigenvalue weighted by molar-refractivity contribution is 6.21. The number of H-pyrrole nitrogens is 2. The van der Waals surface area contributed by atoms with Gasteiger partial charge in [0, 0.05) is 32.6 Å². The van der Waals surface area contributed by atoms with E-state index in [0.717, 1.165) is 0 Å². The number of hydrogen-bond acceptors (Lipinski definition) is 0. The molecule has 2 N–H and O–H groups in total. The molecule has 0 atom stereocenters. The van der Waals surface area contributed by atoms with Crippen LogP contribution in [-0.4, -0.2) is 9.97 Å². The molecule has 0 spiro atoms. The maximum atomic E-state index is 3.59. The molecule has 0 aliphatic heterocycles. The second kappa shape index (κ2) is 3.92. The molecule has 106 valence electrons. The van der Waals surface area contributed by atoms with Crippen molar-refractivity contribution in [3.63, 3.8) is 0 Å². The van der Waals surface area contributed by atoms with Gasteiger partial charge in [-0.15, -0.1) is 0 Å². The third-order valence-corrected chi connectivity index (χ3v) is 4.66. The molecule has 0 amide bonds. The van der Waals surface area contributed by atoms with Crippen LogP contribution in [0.4, 0.5) is 0 Å². The third kappa shape index (κ3) is 1.44. The fraction of sp³-hybridized carbons (Fsp3) is 0.100. The molecule has 0 aliphatic rings. The average molecular weight is 284 g/mol. The Morgan fingerprint density at radius 1 is 0.545 bits per heavy atom. The minimum Gasteiger partial charge on any atom is -0.353 e. The summed E-state index contributed by atoms with van der Waals surface area (Å²) in [4.78, 5) is 7.19. The lowest BCUT2D eigenvalue weighted by Crippen LogP contribution is -1.72. The van der Waals surface area contributed by atoms with Crippen LogP contribution in [0.1, 0.15) is 11.1 Å². The molecule has 0 unspecified atom stereocenters. The number of hydrogen-bond donors (Lipinski definition) is 2. The van der Waals surface area contributed by atoms with Crippen molar-refractivity contribution in [3.05, 3.63) is 59.7 Å². The topological polar surface area (TPSA) is 31.6 Å². The van der Waals surface area contributed by atoms with Gasteiger partial charge in [-0.1, -0.05) is 35.4 Å². The molecule has 2 nitrogen and oxygen atoms in total. The Kier molecular flexibility index (Phi) is 2.11. The van der Waals surface area contributed by atoms with E-state index in [9.17, 15) is 0 Å². The van der Waals surface area contributed by atoms with Gasteiger partial charge in [0.15, 0.2) is 0 Å². The van der Waals surface area contributed by atoms with Gasteiger partial charge in [0.05, 0.1) is 11.0 Å². The number of benzene rings is 3. The third-order valence-electron chi connectivity index (χ3n) is 4.66. The Morgan fingerprint density at radius 2 is 1.00 bits per heavy atom. The maximum Gasteiger partial charge on any atom is 0.0710 e. The molecule has 5 aromatic rings. The van der Waals surface area contributed by atoms with Crippen LogP contribution >= 0.6 is 0 Å². The largest absolute Gasteiger partial charge is 0.353 e. The van der Waals surface area contributed by atoms with Crippen LogP contribution in [0.15, 0.2) is 48.5 Å². The van der Waals surface area contributed by atoms with E-state index in [4.69, 9.17) is 0 Å². The molecule has 0 bridgehead atoms. The van der Waals surface area contributed by atoms with Crippen LogP contribution in [0.3, 0.4) is 0 Å². The predicted octanol–water partition coefficient (Wildman–Crippen LogP) is 5.57. The van der Waals surface area contributed by atoms with Crippen LogP contribution in [0, 0.1) is 13.8 Å². The minimum atomic E-state index is 1.20. The molecule has 0 aliphatic carbocycles. The first kappa shape index (κ1) is 11.9. The van der Waals surface area contributed by atoms with Crippen LogP contribution in [0.25, 0.3) is 43.6 Å². The number of aryl methyl sites for hydroxylation is 2. The zero-order valence-corrected chi connectivity index (χ0v) is 12.6. The molecule has 2 heteroatoms. The fourth-order valence-corrected chi connectivity index (χ4v) is 3.56. The van der Waals surface area contributed by atoms with E-state index in [0.29, 0.717) is 0 Å².